The monoisotopic (exact) mass is 1620 g/mol. The van der Waals surface area contributed by atoms with E-state index in [4.69, 9.17) is 0 Å². The Morgan fingerprint density at radius 1 is 0.109 bits per heavy atom. The number of rotatable bonds is 24. The summed E-state index contributed by atoms with van der Waals surface area (Å²) >= 11 is 0. The van der Waals surface area contributed by atoms with E-state index in [9.17, 15) is 0 Å². The van der Waals surface area contributed by atoms with Gasteiger partial charge in [0.2, 0.25) is 0 Å². The second-order valence-electron chi connectivity index (χ2n) is 40.4. The van der Waals surface area contributed by atoms with Gasteiger partial charge in [-0.1, -0.05) is 380 Å². The molecule has 0 aromatic heterocycles. The van der Waals surface area contributed by atoms with Gasteiger partial charge in [0.1, 0.15) is 64.6 Å². The largest absolute Gasteiger partial charge is 0.146 e. The normalized spacial score (nSPS) is 12.9. The Labute approximate surface area is 697 Å². The Kier molecular flexibility index (Phi) is 43.5. The Morgan fingerprint density at radius 3 is 0.236 bits per heavy atom. The third-order valence-corrected chi connectivity index (χ3v) is 78.1. The lowest BCUT2D eigenvalue weighted by atomic mass is 10.1. The molecule has 0 heterocycles. The SMILES string of the molecule is CC(C)[Si](C#CC(C#CC#C/C(C#C[Si](C(C)C)(C(C)C)C(C)C)=C(/C#CC#CC(C#C[Si](C(C)C)(C(C)C)C(C)C)=C(C#C[Si](C(C)C)(C(C)C)C(C)C)C#C[Si](C(C)C)(C(C)C)C(C)C)C#C[Si](C(C)C)(C(C)C)C(C)C)=C(C#C[Si](C(C)C)(C(C)C)C(C)C)C#C[Si](C(C)C)(C(C)C)C(C)C)(C(C)C)C(C)C. The molecule has 0 spiro atoms. The first-order valence-corrected chi connectivity index (χ1v) is 61.7. The second kappa shape index (κ2) is 45.3. The molecule has 0 nitrogen and oxygen atoms in total. The van der Waals surface area contributed by atoms with Crippen LogP contribution in [0.15, 0.2) is 33.4 Å². The van der Waals surface area contributed by atoms with Crippen molar-refractivity contribution in [3.8, 4) is 139 Å². The van der Waals surface area contributed by atoms with E-state index in [2.05, 4.69) is 471 Å². The van der Waals surface area contributed by atoms with Crippen LogP contribution in [-0.4, -0.2) is 64.6 Å². The van der Waals surface area contributed by atoms with Crippen LogP contribution in [0.4, 0.5) is 0 Å². The van der Waals surface area contributed by atoms with Crippen LogP contribution < -0.4 is 0 Å². The summed E-state index contributed by atoms with van der Waals surface area (Å²) in [5, 5.41) is 0. The maximum absolute atomic E-state index is 4.15. The van der Waals surface area contributed by atoms with E-state index in [1.54, 1.807) is 0 Å². The standard InChI is InChI=1S/C102H168Si8/c1-73(2)103(74(3)4,75(5)6)65-57-97(53-49-51-55-99(59-67-105(79(13)14,80(15)16)81(17)18)101(61-69-107(85(25)26,86(27)28)87(29)30)62-70-108(88(31)32,89(33)34)90(35)36)98(58-66-104(76(7)8,77(9)10)78(11)12)54-50-52-56-100(60-68-106(82(19)20,83(21)22)84(23)24)102(63-71-109(91(37)38,92(39)40)93(41)42)64-72-110(94(43)44,95(45)46)96(47)48/h73-96H,1-48H3/b98-97+. The van der Waals surface area contributed by atoms with Gasteiger partial charge in [0, 0.05) is 0 Å². The smallest absolute Gasteiger partial charge is 0.124 e. The van der Waals surface area contributed by atoms with E-state index in [1.165, 1.54) is 0 Å². The predicted octanol–water partition coefficient (Wildman–Crippen LogP) is 30.7. The van der Waals surface area contributed by atoms with Crippen LogP contribution in [0.1, 0.15) is 332 Å². The van der Waals surface area contributed by atoms with Crippen molar-refractivity contribution in [2.24, 2.45) is 0 Å². The van der Waals surface area contributed by atoms with Crippen LogP contribution >= 0.6 is 0 Å². The van der Waals surface area contributed by atoms with E-state index in [0.29, 0.717) is 155 Å². The van der Waals surface area contributed by atoms with Crippen molar-refractivity contribution in [1.82, 2.24) is 0 Å². The number of allylic oxidation sites excluding steroid dienone is 6. The summed E-state index contributed by atoms with van der Waals surface area (Å²) in [4.78, 5) is 0. The molecule has 0 fully saturated rings. The lowest BCUT2D eigenvalue weighted by Crippen LogP contribution is -2.43. The van der Waals surface area contributed by atoms with Crippen molar-refractivity contribution < 1.29 is 0 Å². The van der Waals surface area contributed by atoms with Crippen molar-refractivity contribution in [3.63, 3.8) is 0 Å². The zero-order valence-electron chi connectivity index (χ0n) is 80.9. The molecule has 110 heavy (non-hydrogen) atoms. The van der Waals surface area contributed by atoms with Crippen LogP contribution in [-0.2, 0) is 0 Å². The molecule has 0 aliphatic heterocycles. The van der Waals surface area contributed by atoms with E-state index in [0.717, 1.165) is 11.1 Å². The van der Waals surface area contributed by atoms with Gasteiger partial charge < -0.3 is 0 Å². The summed E-state index contributed by atoms with van der Waals surface area (Å²) in [6.07, 6.45) is 0. The Bertz CT molecular complexity index is 3430. The summed E-state index contributed by atoms with van der Waals surface area (Å²) in [5.41, 5.74) is 47.0. The van der Waals surface area contributed by atoms with Gasteiger partial charge in [-0.15, -0.1) is 44.3 Å². The molecule has 0 amide bonds. The van der Waals surface area contributed by atoms with E-state index in [1.807, 2.05) is 0 Å². The average molecular weight is 1620 g/mol. The maximum atomic E-state index is 4.15. The molecular formula is C102H168Si8. The Balaban J connectivity index is 12.2. The van der Waals surface area contributed by atoms with Crippen molar-refractivity contribution in [2.45, 2.75) is 465 Å². The topological polar surface area (TPSA) is 0 Å². The minimum Gasteiger partial charge on any atom is -0.124 e. The molecule has 0 aromatic carbocycles. The molecule has 0 rings (SSSR count). The molecule has 0 unspecified atom stereocenters. The van der Waals surface area contributed by atoms with Gasteiger partial charge in [-0.2, -0.15) is 0 Å². The Morgan fingerprint density at radius 2 is 0.173 bits per heavy atom. The Hall–Kier alpha value is -4.32. The fourth-order valence-electron chi connectivity index (χ4n) is 22.1. The third-order valence-electron chi connectivity index (χ3n) is 27.8. The predicted molar refractivity (Wildman–Crippen MR) is 523 cm³/mol. The highest BCUT2D eigenvalue weighted by Gasteiger charge is 2.48. The van der Waals surface area contributed by atoms with Gasteiger partial charge in [-0.25, -0.2) is 0 Å². The van der Waals surface area contributed by atoms with Crippen molar-refractivity contribution >= 4 is 64.6 Å². The molecular weight excluding hydrogens is 1450 g/mol. The molecule has 0 radical (unpaired) electrons. The van der Waals surface area contributed by atoms with E-state index in [-0.39, 0.29) is 0 Å². The quantitative estimate of drug-likeness (QED) is 0.0667. The molecule has 0 aliphatic rings. The lowest BCUT2D eigenvalue weighted by molar-refractivity contribution is 0.838. The van der Waals surface area contributed by atoms with Crippen molar-refractivity contribution in [1.29, 1.82) is 0 Å². The summed E-state index contributed by atoms with van der Waals surface area (Å²) in [6.45, 7) is 115. The second-order valence-corrected chi connectivity index (χ2v) is 85.1. The number of hydrogen-bond acceptors (Lipinski definition) is 0. The first-order chi connectivity index (χ1) is 50.4. The van der Waals surface area contributed by atoms with E-state index < -0.39 is 64.6 Å². The highest BCUT2D eigenvalue weighted by Crippen LogP contribution is 2.48. The van der Waals surface area contributed by atoms with Crippen LogP contribution in [0.25, 0.3) is 0 Å². The van der Waals surface area contributed by atoms with Crippen LogP contribution in [0.5, 0.6) is 0 Å². The molecule has 8 heteroatoms. The zero-order chi connectivity index (χ0) is 86.3. The molecule has 608 valence electrons. The van der Waals surface area contributed by atoms with Crippen LogP contribution in [0.3, 0.4) is 0 Å². The first kappa shape index (κ1) is 106. The number of hydrogen-bond donors (Lipinski definition) is 0. The summed E-state index contributed by atoms with van der Waals surface area (Å²) in [5.74, 6) is 60.3. The van der Waals surface area contributed by atoms with Crippen LogP contribution in [0.2, 0.25) is 133 Å². The van der Waals surface area contributed by atoms with E-state index >= 15 is 0 Å². The van der Waals surface area contributed by atoms with Crippen LogP contribution in [0, 0.1) is 139 Å². The van der Waals surface area contributed by atoms with Crippen molar-refractivity contribution in [3.05, 3.63) is 33.4 Å². The third kappa shape index (κ3) is 23.9. The highest BCUT2D eigenvalue weighted by molar-refractivity contribution is 6.94. The fourth-order valence-corrected chi connectivity index (χ4v) is 63.8. The summed E-state index contributed by atoms with van der Waals surface area (Å²) in [6, 6.07) is 0. The van der Waals surface area contributed by atoms with Gasteiger partial charge in [0.25, 0.3) is 0 Å². The molecule has 0 N–H and O–H groups in total. The maximum Gasteiger partial charge on any atom is 0.146 e. The van der Waals surface area contributed by atoms with Gasteiger partial charge in [-0.05, 0) is 180 Å². The van der Waals surface area contributed by atoms with Gasteiger partial charge in [0.15, 0.2) is 0 Å². The van der Waals surface area contributed by atoms with Gasteiger partial charge in [-0.3, -0.25) is 0 Å². The minimum absolute atomic E-state index is 0.371. The summed E-state index contributed by atoms with van der Waals surface area (Å²) < 4.78 is 0. The highest BCUT2D eigenvalue weighted by atomic mass is 28.3. The molecule has 0 bridgehead atoms. The molecule has 0 aromatic rings. The lowest BCUT2D eigenvalue weighted by Gasteiger charge is -2.38. The summed E-state index contributed by atoms with van der Waals surface area (Å²) in [7, 11) is -18.5. The average Bonchev–Trinajstić information content (AvgIpc) is 0.794. The zero-order valence-corrected chi connectivity index (χ0v) is 88.9. The van der Waals surface area contributed by atoms with Crippen molar-refractivity contribution in [2.75, 3.05) is 0 Å². The van der Waals surface area contributed by atoms with Gasteiger partial charge in [0.05, 0.1) is 33.4 Å². The molecule has 0 saturated heterocycles. The minimum atomic E-state index is -2.39. The first-order valence-electron chi connectivity index (χ1n) is 43.9. The van der Waals surface area contributed by atoms with Gasteiger partial charge >= 0.3 is 0 Å². The molecule has 0 aliphatic carbocycles. The molecule has 0 saturated carbocycles. The fraction of sp³-hybridized carbons (Fsp3) is 0.706. The molecule has 0 atom stereocenters.